The first-order valence-electron chi connectivity index (χ1n) is 9.22. The van der Waals surface area contributed by atoms with Crippen LogP contribution in [-0.4, -0.2) is 15.1 Å². The maximum Gasteiger partial charge on any atom is 0.214 e. The fraction of sp³-hybridized carbons (Fsp3) is 0.0455. The Morgan fingerprint density at radius 3 is 2.61 bits per heavy atom. The van der Waals surface area contributed by atoms with Crippen LogP contribution in [0.3, 0.4) is 0 Å². The molecule has 3 heterocycles. The second-order valence-corrected chi connectivity index (χ2v) is 7.35. The summed E-state index contributed by atoms with van der Waals surface area (Å²) in [6.45, 7) is 0.204. The third kappa shape index (κ3) is 3.66. The van der Waals surface area contributed by atoms with Gasteiger partial charge in [0.2, 0.25) is 24.3 Å². The molecule has 154 valence electrons. The van der Waals surface area contributed by atoms with Crippen LogP contribution < -0.4 is 4.57 Å². The van der Waals surface area contributed by atoms with E-state index < -0.39 is 17.5 Å². The minimum atomic E-state index is -1.05. The van der Waals surface area contributed by atoms with E-state index in [4.69, 9.17) is 16.1 Å². The lowest BCUT2D eigenvalue weighted by atomic mass is 10.1. The molecule has 0 aliphatic carbocycles. The molecular formula is C22H13ClF3N4O+. The van der Waals surface area contributed by atoms with E-state index in [1.165, 1.54) is 18.3 Å². The van der Waals surface area contributed by atoms with Crippen LogP contribution in [0.25, 0.3) is 33.7 Å². The number of aromatic nitrogens is 4. The van der Waals surface area contributed by atoms with Gasteiger partial charge in [0.25, 0.3) is 0 Å². The van der Waals surface area contributed by atoms with Crippen molar-refractivity contribution in [2.24, 2.45) is 0 Å². The van der Waals surface area contributed by atoms with Gasteiger partial charge in [-0.05, 0) is 24.3 Å². The molecule has 0 unspecified atom stereocenters. The minimum Gasteiger partial charge on any atom is -0.354 e. The van der Waals surface area contributed by atoms with Gasteiger partial charge in [-0.2, -0.15) is 8.96 Å². The third-order valence-corrected chi connectivity index (χ3v) is 5.03. The first kappa shape index (κ1) is 19.3. The number of nitrogens with zero attached hydrogens (tertiary/aromatic N) is 3. The zero-order chi connectivity index (χ0) is 21.5. The zero-order valence-corrected chi connectivity index (χ0v) is 16.5. The number of fused-ring (bicyclic) bond motifs is 1. The molecule has 0 saturated heterocycles. The summed E-state index contributed by atoms with van der Waals surface area (Å²) in [4.78, 5) is 6.93. The van der Waals surface area contributed by atoms with Gasteiger partial charge in [0.15, 0.2) is 17.8 Å². The lowest BCUT2D eigenvalue weighted by Gasteiger charge is -1.99. The summed E-state index contributed by atoms with van der Waals surface area (Å²) in [6.07, 6.45) is 2.86. The lowest BCUT2D eigenvalue weighted by molar-refractivity contribution is -0.690. The number of benzene rings is 2. The summed E-state index contributed by atoms with van der Waals surface area (Å²) in [5, 5.41) is 4.65. The van der Waals surface area contributed by atoms with Gasteiger partial charge in [0.1, 0.15) is 22.6 Å². The molecule has 0 fully saturated rings. The van der Waals surface area contributed by atoms with Gasteiger partial charge in [-0.25, -0.2) is 13.8 Å². The maximum atomic E-state index is 14.6. The highest BCUT2D eigenvalue weighted by Crippen LogP contribution is 2.25. The molecule has 9 heteroatoms. The predicted molar refractivity (Wildman–Crippen MR) is 108 cm³/mol. The van der Waals surface area contributed by atoms with Crippen LogP contribution in [-0.2, 0) is 6.54 Å². The number of hydrogen-bond donors (Lipinski definition) is 1. The van der Waals surface area contributed by atoms with Crippen molar-refractivity contribution in [3.63, 3.8) is 0 Å². The molecule has 2 aromatic carbocycles. The summed E-state index contributed by atoms with van der Waals surface area (Å²) < 4.78 is 49.2. The molecule has 3 aromatic heterocycles. The predicted octanol–water partition coefficient (Wildman–Crippen LogP) is 5.29. The number of pyridine rings is 1. The molecule has 5 rings (SSSR count). The fourth-order valence-corrected chi connectivity index (χ4v) is 3.43. The van der Waals surface area contributed by atoms with Crippen LogP contribution in [0, 0.1) is 17.5 Å². The van der Waals surface area contributed by atoms with Gasteiger partial charge in [-0.3, -0.25) is 0 Å². The Labute approximate surface area is 178 Å². The van der Waals surface area contributed by atoms with E-state index in [0.717, 1.165) is 11.6 Å². The maximum absolute atomic E-state index is 14.6. The quantitative estimate of drug-likeness (QED) is 0.385. The molecule has 5 aromatic rings. The van der Waals surface area contributed by atoms with Crippen molar-refractivity contribution in [2.45, 2.75) is 6.54 Å². The molecule has 0 spiro atoms. The van der Waals surface area contributed by atoms with Gasteiger partial charge in [-0.15, -0.1) is 0 Å². The number of aromatic amines is 1. The van der Waals surface area contributed by atoms with Gasteiger partial charge >= 0.3 is 0 Å². The molecule has 0 aliphatic heterocycles. The minimum absolute atomic E-state index is 0.0225. The fourth-order valence-electron chi connectivity index (χ4n) is 3.30. The first-order chi connectivity index (χ1) is 15.0. The summed E-state index contributed by atoms with van der Waals surface area (Å²) in [5.41, 5.74) is 1.73. The van der Waals surface area contributed by atoms with Gasteiger partial charge in [0.05, 0.1) is 5.56 Å². The first-order valence-corrected chi connectivity index (χ1v) is 9.60. The second kappa shape index (κ2) is 7.55. The number of imidazole rings is 1. The average Bonchev–Trinajstić information content (AvgIpc) is 3.38. The van der Waals surface area contributed by atoms with E-state index in [1.54, 1.807) is 29.0 Å². The highest BCUT2D eigenvalue weighted by molar-refractivity contribution is 6.30. The summed E-state index contributed by atoms with van der Waals surface area (Å²) in [7, 11) is 0. The number of rotatable bonds is 4. The monoisotopic (exact) mass is 441 g/mol. The molecule has 0 atom stereocenters. The standard InChI is InChI=1S/C22H12ClF3N4O/c23-13-6-4-12(5-7-13)18-8-14(31-29-18)9-30-10-17(25)21-19(11-30)27-22(28-21)15-2-1-3-16(24)20(15)26/h1-8,10-11H,9H2/p+1. The smallest absolute Gasteiger partial charge is 0.214 e. The Morgan fingerprint density at radius 2 is 1.81 bits per heavy atom. The van der Waals surface area contributed by atoms with E-state index in [-0.39, 0.29) is 23.4 Å². The summed E-state index contributed by atoms with van der Waals surface area (Å²) in [5.74, 6) is -2.13. The molecule has 5 nitrogen and oxygen atoms in total. The zero-order valence-electron chi connectivity index (χ0n) is 15.7. The van der Waals surface area contributed by atoms with Crippen molar-refractivity contribution in [3.8, 4) is 22.6 Å². The highest BCUT2D eigenvalue weighted by Gasteiger charge is 2.20. The number of H-pyrrole nitrogens is 1. The van der Waals surface area contributed by atoms with E-state index in [0.29, 0.717) is 22.0 Å². The van der Waals surface area contributed by atoms with Crippen LogP contribution in [0.2, 0.25) is 5.02 Å². The van der Waals surface area contributed by atoms with Crippen molar-refractivity contribution in [2.75, 3.05) is 0 Å². The highest BCUT2D eigenvalue weighted by atomic mass is 35.5. The van der Waals surface area contributed by atoms with Crippen LogP contribution in [0.5, 0.6) is 0 Å². The topological polar surface area (TPSA) is 58.6 Å². The SMILES string of the molecule is Fc1cccc(-c2nc3c(F)c[n+](Cc4cc(-c5ccc(Cl)cc5)no4)cc3[nH]2)c1F. The normalized spacial score (nSPS) is 11.4. The second-order valence-electron chi connectivity index (χ2n) is 6.91. The van der Waals surface area contributed by atoms with Crippen molar-refractivity contribution < 1.29 is 22.3 Å². The molecule has 0 radical (unpaired) electrons. The Morgan fingerprint density at radius 1 is 1.00 bits per heavy atom. The largest absolute Gasteiger partial charge is 0.354 e. The number of halogens is 4. The van der Waals surface area contributed by atoms with Crippen molar-refractivity contribution in [1.29, 1.82) is 0 Å². The van der Waals surface area contributed by atoms with E-state index >= 15 is 0 Å². The van der Waals surface area contributed by atoms with Crippen LogP contribution in [0.4, 0.5) is 13.2 Å². The molecule has 0 amide bonds. The molecular weight excluding hydrogens is 429 g/mol. The average molecular weight is 442 g/mol. The molecule has 0 aliphatic rings. The lowest BCUT2D eigenvalue weighted by Crippen LogP contribution is -2.34. The molecule has 0 saturated carbocycles. The van der Waals surface area contributed by atoms with E-state index in [2.05, 4.69) is 15.1 Å². The van der Waals surface area contributed by atoms with Crippen molar-refractivity contribution in [3.05, 3.63) is 89.2 Å². The van der Waals surface area contributed by atoms with Gasteiger partial charge in [0, 0.05) is 16.7 Å². The van der Waals surface area contributed by atoms with E-state index in [1.807, 2.05) is 12.1 Å². The van der Waals surface area contributed by atoms with Crippen molar-refractivity contribution >= 4 is 22.6 Å². The molecule has 0 bridgehead atoms. The number of hydrogen-bond acceptors (Lipinski definition) is 3. The third-order valence-electron chi connectivity index (χ3n) is 4.78. The summed E-state index contributed by atoms with van der Waals surface area (Å²) in [6, 6.07) is 12.6. The Balaban J connectivity index is 1.46. The Hall–Kier alpha value is -3.65. The number of nitrogens with one attached hydrogen (secondary N) is 1. The van der Waals surface area contributed by atoms with Crippen LogP contribution >= 0.6 is 11.6 Å². The van der Waals surface area contributed by atoms with Gasteiger partial charge < -0.3 is 9.51 Å². The van der Waals surface area contributed by atoms with Crippen molar-refractivity contribution in [1.82, 2.24) is 15.1 Å². The van der Waals surface area contributed by atoms with Crippen LogP contribution in [0.1, 0.15) is 5.76 Å². The van der Waals surface area contributed by atoms with Crippen LogP contribution in [0.15, 0.2) is 65.4 Å². The molecule has 31 heavy (non-hydrogen) atoms. The van der Waals surface area contributed by atoms with E-state index in [9.17, 15) is 13.2 Å². The Bertz CT molecular complexity index is 1410. The summed E-state index contributed by atoms with van der Waals surface area (Å²) >= 11 is 5.90. The van der Waals surface area contributed by atoms with Gasteiger partial charge in [-0.1, -0.05) is 35.0 Å². The molecule has 1 N–H and O–H groups in total. The Kier molecular flexibility index (Phi) is 4.71.